The molecule has 0 spiro atoms. The summed E-state index contributed by atoms with van der Waals surface area (Å²) in [5.41, 5.74) is -0.661. The summed E-state index contributed by atoms with van der Waals surface area (Å²) in [5, 5.41) is 8.57. The van der Waals surface area contributed by atoms with Gasteiger partial charge in [-0.3, -0.25) is 0 Å². The maximum absolute atomic E-state index is 12.8. The molecule has 0 aromatic heterocycles. The number of hydrogen-bond donors (Lipinski definition) is 1. The minimum atomic E-state index is -5.16. The molecular formula is C7H3BrF2O4S. The Hall–Kier alpha value is -1.02. The number of carboxylic acid groups (broad SMARTS) is 1. The van der Waals surface area contributed by atoms with Gasteiger partial charge >= 0.3 is 16.2 Å². The second-order valence-corrected chi connectivity index (χ2v) is 4.62. The molecule has 0 saturated carbocycles. The van der Waals surface area contributed by atoms with Crippen LogP contribution in [0.1, 0.15) is 10.4 Å². The number of carboxylic acids is 1. The maximum atomic E-state index is 12.8. The van der Waals surface area contributed by atoms with Crippen LogP contribution in [0.25, 0.3) is 0 Å². The molecule has 15 heavy (non-hydrogen) atoms. The predicted octanol–water partition coefficient (Wildman–Crippen LogP) is 1.94. The summed E-state index contributed by atoms with van der Waals surface area (Å²) in [6, 6.07) is 0.979. The second kappa shape index (κ2) is 3.86. The first-order chi connectivity index (χ1) is 6.73. The molecule has 0 aliphatic carbocycles. The van der Waals surface area contributed by atoms with Gasteiger partial charge in [-0.1, -0.05) is 0 Å². The molecule has 1 N–H and O–H groups in total. The molecule has 1 aromatic rings. The maximum Gasteiger partial charge on any atom is 0.336 e. The van der Waals surface area contributed by atoms with E-state index in [0.29, 0.717) is 12.1 Å². The van der Waals surface area contributed by atoms with Crippen molar-refractivity contribution in [3.8, 4) is 0 Å². The van der Waals surface area contributed by atoms with Gasteiger partial charge in [-0.05, 0) is 28.1 Å². The Kier molecular flexibility index (Phi) is 3.10. The summed E-state index contributed by atoms with van der Waals surface area (Å²) >= 11 is 2.59. The average molecular weight is 301 g/mol. The summed E-state index contributed by atoms with van der Waals surface area (Å²) in [4.78, 5) is 9.50. The van der Waals surface area contributed by atoms with Crippen molar-refractivity contribution >= 4 is 32.1 Å². The Morgan fingerprint density at radius 3 is 2.33 bits per heavy atom. The minimum Gasteiger partial charge on any atom is -0.478 e. The van der Waals surface area contributed by atoms with Crippen LogP contribution in [-0.2, 0) is 10.2 Å². The Balaban J connectivity index is 3.63. The molecule has 0 aliphatic rings. The van der Waals surface area contributed by atoms with E-state index >= 15 is 0 Å². The smallest absolute Gasteiger partial charge is 0.336 e. The molecule has 0 unspecified atom stereocenters. The number of aromatic carboxylic acids is 1. The van der Waals surface area contributed by atoms with Crippen molar-refractivity contribution < 1.29 is 26.6 Å². The van der Waals surface area contributed by atoms with Gasteiger partial charge < -0.3 is 5.11 Å². The van der Waals surface area contributed by atoms with E-state index < -0.39 is 36.9 Å². The molecule has 1 aromatic carbocycles. The molecule has 0 heterocycles. The van der Waals surface area contributed by atoms with E-state index in [1.165, 1.54) is 0 Å². The highest BCUT2D eigenvalue weighted by molar-refractivity contribution is 9.10. The van der Waals surface area contributed by atoms with Crippen molar-refractivity contribution in [3.05, 3.63) is 28.0 Å². The minimum absolute atomic E-state index is 0.395. The molecule has 0 atom stereocenters. The fourth-order valence-corrected chi connectivity index (χ4v) is 2.45. The normalized spacial score (nSPS) is 11.4. The van der Waals surface area contributed by atoms with Crippen molar-refractivity contribution in [3.63, 3.8) is 0 Å². The third kappa shape index (κ3) is 2.51. The third-order valence-electron chi connectivity index (χ3n) is 1.50. The summed E-state index contributed by atoms with van der Waals surface area (Å²) in [6.45, 7) is 0. The van der Waals surface area contributed by atoms with E-state index in [1.807, 2.05) is 0 Å². The molecule has 8 heteroatoms. The SMILES string of the molecule is O=C(O)c1cc(F)cc(S(=O)(=O)F)c1Br. The first-order valence-corrected chi connectivity index (χ1v) is 5.58. The highest BCUT2D eigenvalue weighted by Gasteiger charge is 2.23. The van der Waals surface area contributed by atoms with Crippen LogP contribution in [0.2, 0.25) is 0 Å². The zero-order valence-electron chi connectivity index (χ0n) is 6.87. The third-order valence-corrected chi connectivity index (χ3v) is 3.46. The lowest BCUT2D eigenvalue weighted by atomic mass is 10.2. The number of carbonyl (C=O) groups is 1. The molecule has 0 aliphatic heterocycles. The van der Waals surface area contributed by atoms with Crippen molar-refractivity contribution in [2.75, 3.05) is 0 Å². The summed E-state index contributed by atoms with van der Waals surface area (Å²) in [6.07, 6.45) is 0. The monoisotopic (exact) mass is 300 g/mol. The van der Waals surface area contributed by atoms with E-state index in [2.05, 4.69) is 15.9 Å². The summed E-state index contributed by atoms with van der Waals surface area (Å²) < 4.78 is 45.9. The van der Waals surface area contributed by atoms with Crippen LogP contribution in [0.3, 0.4) is 0 Å². The highest BCUT2D eigenvalue weighted by Crippen LogP contribution is 2.28. The van der Waals surface area contributed by atoms with Gasteiger partial charge in [0.25, 0.3) is 0 Å². The molecule has 1 rings (SSSR count). The largest absolute Gasteiger partial charge is 0.478 e. The molecule has 82 valence electrons. The summed E-state index contributed by atoms with van der Waals surface area (Å²) in [7, 11) is -5.16. The van der Waals surface area contributed by atoms with Gasteiger partial charge in [-0.25, -0.2) is 9.18 Å². The molecule has 4 nitrogen and oxygen atoms in total. The van der Waals surface area contributed by atoms with Gasteiger partial charge in [0.2, 0.25) is 0 Å². The summed E-state index contributed by atoms with van der Waals surface area (Å²) in [5.74, 6) is -2.71. The van der Waals surface area contributed by atoms with Crippen LogP contribution in [0.4, 0.5) is 8.28 Å². The van der Waals surface area contributed by atoms with Crippen molar-refractivity contribution in [2.45, 2.75) is 4.90 Å². The van der Waals surface area contributed by atoms with Crippen molar-refractivity contribution in [1.29, 1.82) is 0 Å². The lowest BCUT2D eigenvalue weighted by Crippen LogP contribution is -2.04. The number of hydrogen-bond acceptors (Lipinski definition) is 3. The van der Waals surface area contributed by atoms with E-state index in [-0.39, 0.29) is 0 Å². The number of rotatable bonds is 2. The molecule has 0 amide bonds. The Morgan fingerprint density at radius 2 is 1.93 bits per heavy atom. The zero-order chi connectivity index (χ0) is 11.8. The first kappa shape index (κ1) is 12.1. The van der Waals surface area contributed by atoms with E-state index in [0.717, 1.165) is 0 Å². The Labute approximate surface area is 91.9 Å². The van der Waals surface area contributed by atoms with Crippen LogP contribution in [0.5, 0.6) is 0 Å². The van der Waals surface area contributed by atoms with Crippen molar-refractivity contribution in [1.82, 2.24) is 0 Å². The quantitative estimate of drug-likeness (QED) is 0.847. The highest BCUT2D eigenvalue weighted by atomic mass is 79.9. The molecule has 0 bridgehead atoms. The fraction of sp³-hybridized carbons (Fsp3) is 0. The van der Waals surface area contributed by atoms with Gasteiger partial charge in [0, 0.05) is 0 Å². The average Bonchev–Trinajstić information content (AvgIpc) is 2.06. The lowest BCUT2D eigenvalue weighted by Gasteiger charge is -2.03. The van der Waals surface area contributed by atoms with E-state index in [1.54, 1.807) is 0 Å². The predicted molar refractivity (Wildman–Crippen MR) is 49.4 cm³/mol. The van der Waals surface area contributed by atoms with Gasteiger partial charge in [0.15, 0.2) is 0 Å². The van der Waals surface area contributed by atoms with Gasteiger partial charge in [-0.2, -0.15) is 8.42 Å². The molecule has 0 fully saturated rings. The van der Waals surface area contributed by atoms with Gasteiger partial charge in [0.05, 0.1) is 10.0 Å². The number of benzene rings is 1. The van der Waals surface area contributed by atoms with Crippen LogP contribution in [0, 0.1) is 5.82 Å². The molecule has 0 radical (unpaired) electrons. The van der Waals surface area contributed by atoms with E-state index in [9.17, 15) is 21.5 Å². The standard InChI is InChI=1S/C7H3BrF2O4S/c8-6-4(7(11)12)1-3(9)2-5(6)15(10,13)14/h1-2H,(H,11,12). The van der Waals surface area contributed by atoms with Crippen LogP contribution in [-0.4, -0.2) is 19.5 Å². The Bertz CT molecular complexity index is 526. The molecule has 0 saturated heterocycles. The van der Waals surface area contributed by atoms with Crippen molar-refractivity contribution in [2.24, 2.45) is 0 Å². The van der Waals surface area contributed by atoms with Crippen LogP contribution < -0.4 is 0 Å². The van der Waals surface area contributed by atoms with Gasteiger partial charge in [-0.15, -0.1) is 3.89 Å². The number of halogens is 3. The lowest BCUT2D eigenvalue weighted by molar-refractivity contribution is 0.0695. The Morgan fingerprint density at radius 1 is 1.40 bits per heavy atom. The fourth-order valence-electron chi connectivity index (χ4n) is 0.897. The van der Waals surface area contributed by atoms with Crippen LogP contribution >= 0.6 is 15.9 Å². The first-order valence-electron chi connectivity index (χ1n) is 3.40. The zero-order valence-corrected chi connectivity index (χ0v) is 9.27. The van der Waals surface area contributed by atoms with Gasteiger partial charge in [0.1, 0.15) is 10.7 Å². The second-order valence-electron chi connectivity index (χ2n) is 2.51. The van der Waals surface area contributed by atoms with Crippen LogP contribution in [0.15, 0.2) is 21.5 Å². The molecular weight excluding hydrogens is 298 g/mol. The topological polar surface area (TPSA) is 71.4 Å². The van der Waals surface area contributed by atoms with E-state index in [4.69, 9.17) is 5.11 Å².